The molecule has 2 rings (SSSR count). The van der Waals surface area contributed by atoms with Gasteiger partial charge in [-0.25, -0.2) is 0 Å². The highest BCUT2D eigenvalue weighted by Crippen LogP contribution is 2.44. The van der Waals surface area contributed by atoms with Crippen LogP contribution in [0, 0.1) is 0 Å². The maximum atomic E-state index is 5.77. The van der Waals surface area contributed by atoms with Crippen LogP contribution in [0.4, 0.5) is 0 Å². The Morgan fingerprint density at radius 2 is 1.52 bits per heavy atom. The van der Waals surface area contributed by atoms with E-state index in [9.17, 15) is 0 Å². The average molecular weight is 446 g/mol. The van der Waals surface area contributed by atoms with E-state index in [0.717, 1.165) is 21.2 Å². The van der Waals surface area contributed by atoms with Crippen molar-refractivity contribution >= 4 is 31.9 Å². The van der Waals surface area contributed by atoms with E-state index in [1.54, 1.807) is 14.2 Å². The molecular weight excluding hydrogens is 428 g/mol. The van der Waals surface area contributed by atoms with Gasteiger partial charge < -0.3 is 18.9 Å². The lowest BCUT2D eigenvalue weighted by atomic mass is 9.99. The number of rotatable bonds is 8. The topological polar surface area (TPSA) is 36.9 Å². The molecule has 0 aliphatic carbocycles. The standard InChI is InChI=1S/C17H18Br2O4/c1-20-10-22-14-8-15(23-11-21-2)17(19)13(9-18)16(14)12-6-4-3-5-7-12/h3-8H,9-11H2,1-2H3. The van der Waals surface area contributed by atoms with Gasteiger partial charge in [0.15, 0.2) is 13.6 Å². The normalized spacial score (nSPS) is 10.6. The molecule has 2 aromatic carbocycles. The highest BCUT2D eigenvalue weighted by atomic mass is 79.9. The van der Waals surface area contributed by atoms with Crippen molar-refractivity contribution < 1.29 is 18.9 Å². The van der Waals surface area contributed by atoms with Crippen LogP contribution in [0.15, 0.2) is 40.9 Å². The van der Waals surface area contributed by atoms with Crippen molar-refractivity contribution in [2.24, 2.45) is 0 Å². The van der Waals surface area contributed by atoms with Gasteiger partial charge in [-0.05, 0) is 27.1 Å². The Morgan fingerprint density at radius 1 is 0.913 bits per heavy atom. The number of hydrogen-bond acceptors (Lipinski definition) is 4. The molecule has 4 nitrogen and oxygen atoms in total. The van der Waals surface area contributed by atoms with E-state index in [4.69, 9.17) is 18.9 Å². The van der Waals surface area contributed by atoms with Crippen LogP contribution in [0.5, 0.6) is 11.5 Å². The summed E-state index contributed by atoms with van der Waals surface area (Å²) in [4.78, 5) is 0. The summed E-state index contributed by atoms with van der Waals surface area (Å²) < 4.78 is 22.3. The van der Waals surface area contributed by atoms with E-state index in [-0.39, 0.29) is 13.6 Å². The van der Waals surface area contributed by atoms with E-state index >= 15 is 0 Å². The number of ether oxygens (including phenoxy) is 4. The summed E-state index contributed by atoms with van der Waals surface area (Å²) >= 11 is 7.18. The third-order valence-corrected chi connectivity index (χ3v) is 4.58. The van der Waals surface area contributed by atoms with Gasteiger partial charge >= 0.3 is 0 Å². The first-order chi connectivity index (χ1) is 11.2. The minimum absolute atomic E-state index is 0.160. The van der Waals surface area contributed by atoms with E-state index in [1.807, 2.05) is 36.4 Å². The largest absolute Gasteiger partial charge is 0.467 e. The van der Waals surface area contributed by atoms with Gasteiger partial charge in [-0.3, -0.25) is 0 Å². The van der Waals surface area contributed by atoms with Crippen molar-refractivity contribution in [3.05, 3.63) is 46.4 Å². The number of methoxy groups -OCH3 is 2. The van der Waals surface area contributed by atoms with Crippen LogP contribution >= 0.6 is 31.9 Å². The van der Waals surface area contributed by atoms with Crippen molar-refractivity contribution in [2.75, 3.05) is 27.8 Å². The Balaban J connectivity index is 2.59. The molecule has 0 radical (unpaired) electrons. The summed E-state index contributed by atoms with van der Waals surface area (Å²) in [5.74, 6) is 1.36. The number of hydrogen-bond donors (Lipinski definition) is 0. The Bertz CT molecular complexity index is 632. The lowest BCUT2D eigenvalue weighted by Crippen LogP contribution is -2.05. The van der Waals surface area contributed by atoms with Crippen LogP contribution in [0.3, 0.4) is 0 Å². The molecule has 0 aliphatic rings. The van der Waals surface area contributed by atoms with Gasteiger partial charge in [0.2, 0.25) is 0 Å². The van der Waals surface area contributed by atoms with Gasteiger partial charge in [-0.1, -0.05) is 46.3 Å². The zero-order valence-electron chi connectivity index (χ0n) is 13.0. The first kappa shape index (κ1) is 18.3. The summed E-state index contributed by atoms with van der Waals surface area (Å²) in [5.41, 5.74) is 3.10. The van der Waals surface area contributed by atoms with E-state index in [1.165, 1.54) is 0 Å². The zero-order chi connectivity index (χ0) is 16.7. The maximum Gasteiger partial charge on any atom is 0.188 e. The zero-order valence-corrected chi connectivity index (χ0v) is 16.1. The van der Waals surface area contributed by atoms with Gasteiger partial charge in [0, 0.05) is 31.2 Å². The van der Waals surface area contributed by atoms with Crippen LogP contribution in [-0.2, 0) is 14.8 Å². The lowest BCUT2D eigenvalue weighted by Gasteiger charge is -2.19. The molecular formula is C17H18Br2O4. The van der Waals surface area contributed by atoms with Gasteiger partial charge in [0.1, 0.15) is 11.5 Å². The number of halogens is 2. The molecule has 23 heavy (non-hydrogen) atoms. The quantitative estimate of drug-likeness (QED) is 0.424. The van der Waals surface area contributed by atoms with E-state index in [0.29, 0.717) is 16.8 Å². The minimum atomic E-state index is 0.160. The summed E-state index contributed by atoms with van der Waals surface area (Å²) in [7, 11) is 3.18. The third kappa shape index (κ3) is 4.47. The summed E-state index contributed by atoms with van der Waals surface area (Å²) in [6.45, 7) is 0.321. The molecule has 0 spiro atoms. The predicted octanol–water partition coefficient (Wildman–Crippen LogP) is 4.98. The van der Waals surface area contributed by atoms with Crippen molar-refractivity contribution in [1.29, 1.82) is 0 Å². The molecule has 0 atom stereocenters. The van der Waals surface area contributed by atoms with Crippen molar-refractivity contribution in [1.82, 2.24) is 0 Å². The molecule has 0 saturated carbocycles. The maximum absolute atomic E-state index is 5.77. The van der Waals surface area contributed by atoms with Crippen LogP contribution < -0.4 is 9.47 Å². The van der Waals surface area contributed by atoms with Crippen molar-refractivity contribution in [3.63, 3.8) is 0 Å². The molecule has 0 N–H and O–H groups in total. The Morgan fingerprint density at radius 3 is 2.09 bits per heavy atom. The monoisotopic (exact) mass is 444 g/mol. The molecule has 0 aliphatic heterocycles. The molecule has 6 heteroatoms. The number of alkyl halides is 1. The molecule has 0 saturated heterocycles. The summed E-state index contributed by atoms with van der Waals surface area (Å²) in [6.07, 6.45) is 0. The SMILES string of the molecule is COCOc1cc(OCOC)c(-c2ccccc2)c(CBr)c1Br. The summed E-state index contributed by atoms with van der Waals surface area (Å²) in [5, 5.41) is 0.644. The third-order valence-electron chi connectivity index (χ3n) is 3.15. The van der Waals surface area contributed by atoms with Gasteiger partial charge in [-0.15, -0.1) is 0 Å². The first-order valence-corrected chi connectivity index (χ1v) is 8.84. The highest BCUT2D eigenvalue weighted by Gasteiger charge is 2.19. The lowest BCUT2D eigenvalue weighted by molar-refractivity contribution is 0.0459. The van der Waals surface area contributed by atoms with Crippen LogP contribution in [0.1, 0.15) is 5.56 Å². The summed E-state index contributed by atoms with van der Waals surface area (Å²) in [6, 6.07) is 11.9. The second kappa shape index (κ2) is 9.27. The molecule has 0 fully saturated rings. The van der Waals surface area contributed by atoms with Crippen LogP contribution in [-0.4, -0.2) is 27.8 Å². The molecule has 2 aromatic rings. The smallest absolute Gasteiger partial charge is 0.188 e. The molecule has 0 heterocycles. The average Bonchev–Trinajstić information content (AvgIpc) is 2.59. The molecule has 0 bridgehead atoms. The fourth-order valence-electron chi connectivity index (χ4n) is 2.17. The van der Waals surface area contributed by atoms with Gasteiger partial charge in [0.25, 0.3) is 0 Å². The van der Waals surface area contributed by atoms with Gasteiger partial charge in [-0.2, -0.15) is 0 Å². The molecule has 0 aromatic heterocycles. The molecule has 0 amide bonds. The predicted molar refractivity (Wildman–Crippen MR) is 97.2 cm³/mol. The fourth-order valence-corrected chi connectivity index (χ4v) is 3.68. The van der Waals surface area contributed by atoms with Crippen LogP contribution in [0.25, 0.3) is 11.1 Å². The Hall–Kier alpha value is -1.08. The minimum Gasteiger partial charge on any atom is -0.467 e. The van der Waals surface area contributed by atoms with E-state index in [2.05, 4.69) is 31.9 Å². The van der Waals surface area contributed by atoms with Crippen LogP contribution in [0.2, 0.25) is 0 Å². The second-order valence-corrected chi connectivity index (χ2v) is 6.00. The fraction of sp³-hybridized carbons (Fsp3) is 0.294. The van der Waals surface area contributed by atoms with Crippen molar-refractivity contribution in [3.8, 4) is 22.6 Å². The Kier molecular flexibility index (Phi) is 7.36. The van der Waals surface area contributed by atoms with E-state index < -0.39 is 0 Å². The first-order valence-electron chi connectivity index (χ1n) is 6.93. The van der Waals surface area contributed by atoms with Gasteiger partial charge in [0.05, 0.1) is 4.47 Å². The highest BCUT2D eigenvalue weighted by molar-refractivity contribution is 9.11. The molecule has 0 unspecified atom stereocenters. The molecule has 124 valence electrons. The number of benzene rings is 2. The van der Waals surface area contributed by atoms with Crippen molar-refractivity contribution in [2.45, 2.75) is 5.33 Å². The second-order valence-electron chi connectivity index (χ2n) is 4.64. The Labute approximate surface area is 153 Å².